The van der Waals surface area contributed by atoms with Crippen molar-refractivity contribution in [3.63, 3.8) is 0 Å². The summed E-state index contributed by atoms with van der Waals surface area (Å²) in [6, 6.07) is 1.28. The zero-order valence-corrected chi connectivity index (χ0v) is 11.8. The van der Waals surface area contributed by atoms with Gasteiger partial charge in [-0.05, 0) is 24.8 Å². The molecule has 0 aliphatic carbocycles. The fraction of sp³-hybridized carbons (Fsp3) is 0.417. The first-order valence-electron chi connectivity index (χ1n) is 5.54. The number of benzene rings is 1. The molecule has 2 N–H and O–H groups in total. The summed E-state index contributed by atoms with van der Waals surface area (Å²) in [4.78, 5) is 11.9. The number of hydrogen-bond acceptors (Lipinski definition) is 3. The molecule has 7 heteroatoms. The van der Waals surface area contributed by atoms with Crippen molar-refractivity contribution in [1.29, 1.82) is 0 Å². The van der Waals surface area contributed by atoms with E-state index in [4.69, 9.17) is 16.7 Å². The molecule has 106 valence electrons. The Labute approximate surface area is 119 Å². The highest BCUT2D eigenvalue weighted by Gasteiger charge is 2.18. The second-order valence-electron chi connectivity index (χ2n) is 3.88. The summed E-state index contributed by atoms with van der Waals surface area (Å²) < 4.78 is 26.0. The topological polar surface area (TPSA) is 49.3 Å². The third kappa shape index (κ3) is 4.63. The second kappa shape index (κ2) is 7.67. The molecule has 1 amide bonds. The molecule has 0 saturated carbocycles. The van der Waals surface area contributed by atoms with E-state index in [-0.39, 0.29) is 23.2 Å². The van der Waals surface area contributed by atoms with Crippen molar-refractivity contribution < 1.29 is 18.7 Å². The van der Waals surface area contributed by atoms with Gasteiger partial charge in [-0.3, -0.25) is 4.79 Å². The van der Waals surface area contributed by atoms with Gasteiger partial charge in [0.2, 0.25) is 0 Å². The molecule has 1 unspecified atom stereocenters. The number of carbonyl (C=O) groups is 1. The molecular weight excluding hydrogens is 296 g/mol. The number of aliphatic hydroxyl groups excluding tert-OH is 1. The number of thioether (sulfide) groups is 1. The predicted octanol–water partition coefficient (Wildman–Crippen LogP) is 2.46. The fourth-order valence-electron chi connectivity index (χ4n) is 1.51. The first kappa shape index (κ1) is 16.2. The molecule has 3 nitrogen and oxygen atoms in total. The molecule has 19 heavy (non-hydrogen) atoms. The maximum absolute atomic E-state index is 13.1. The minimum atomic E-state index is -1.13. The van der Waals surface area contributed by atoms with Crippen molar-refractivity contribution in [3.8, 4) is 0 Å². The predicted molar refractivity (Wildman–Crippen MR) is 72.7 cm³/mol. The monoisotopic (exact) mass is 309 g/mol. The Morgan fingerprint density at radius 2 is 2.11 bits per heavy atom. The standard InChI is InChI=1S/C12H14ClF2NO2S/c1-19-6-7(2-3-17)16-12(18)8-4-10(14)11(15)5-9(8)13/h4-5,7,17H,2-3,6H2,1H3,(H,16,18). The van der Waals surface area contributed by atoms with E-state index < -0.39 is 17.5 Å². The number of carbonyl (C=O) groups excluding carboxylic acids is 1. The maximum Gasteiger partial charge on any atom is 0.253 e. The average molecular weight is 310 g/mol. The van der Waals surface area contributed by atoms with E-state index >= 15 is 0 Å². The van der Waals surface area contributed by atoms with Gasteiger partial charge in [-0.1, -0.05) is 11.6 Å². The molecule has 0 bridgehead atoms. The van der Waals surface area contributed by atoms with Crippen LogP contribution in [0.4, 0.5) is 8.78 Å². The summed E-state index contributed by atoms with van der Waals surface area (Å²) in [7, 11) is 0. The number of aliphatic hydroxyl groups is 1. The van der Waals surface area contributed by atoms with E-state index in [0.29, 0.717) is 12.2 Å². The van der Waals surface area contributed by atoms with E-state index in [9.17, 15) is 13.6 Å². The Bertz CT molecular complexity index is 454. The van der Waals surface area contributed by atoms with Crippen LogP contribution in [-0.2, 0) is 0 Å². The Morgan fingerprint density at radius 3 is 2.68 bits per heavy atom. The van der Waals surface area contributed by atoms with Crippen molar-refractivity contribution in [1.82, 2.24) is 5.32 Å². The van der Waals surface area contributed by atoms with Gasteiger partial charge in [0.05, 0.1) is 10.6 Å². The largest absolute Gasteiger partial charge is 0.396 e. The van der Waals surface area contributed by atoms with Crippen molar-refractivity contribution in [2.75, 3.05) is 18.6 Å². The molecule has 0 aliphatic heterocycles. The van der Waals surface area contributed by atoms with Crippen molar-refractivity contribution in [2.45, 2.75) is 12.5 Å². The summed E-state index contributed by atoms with van der Waals surface area (Å²) in [5.74, 6) is -2.21. The van der Waals surface area contributed by atoms with Gasteiger partial charge < -0.3 is 10.4 Å². The molecule has 1 rings (SSSR count). The molecule has 0 saturated heterocycles. The van der Waals surface area contributed by atoms with Crippen molar-refractivity contribution >= 4 is 29.3 Å². The Kier molecular flexibility index (Phi) is 6.54. The Balaban J connectivity index is 2.84. The zero-order valence-electron chi connectivity index (χ0n) is 10.3. The summed E-state index contributed by atoms with van der Waals surface area (Å²) >= 11 is 7.22. The van der Waals surface area contributed by atoms with Crippen LogP contribution in [0.15, 0.2) is 12.1 Å². The minimum absolute atomic E-state index is 0.0724. The Hall–Kier alpha value is -0.850. The van der Waals surface area contributed by atoms with Gasteiger partial charge in [0, 0.05) is 18.4 Å². The van der Waals surface area contributed by atoms with Crippen LogP contribution in [0.3, 0.4) is 0 Å². The Morgan fingerprint density at radius 1 is 1.47 bits per heavy atom. The molecule has 0 aromatic heterocycles. The van der Waals surface area contributed by atoms with Crippen molar-refractivity contribution in [2.24, 2.45) is 0 Å². The van der Waals surface area contributed by atoms with Crippen molar-refractivity contribution in [3.05, 3.63) is 34.4 Å². The highest BCUT2D eigenvalue weighted by atomic mass is 35.5. The molecule has 0 aliphatic rings. The van der Waals surface area contributed by atoms with Gasteiger partial charge in [0.25, 0.3) is 5.91 Å². The number of halogens is 3. The van der Waals surface area contributed by atoms with Crippen LogP contribution < -0.4 is 5.32 Å². The van der Waals surface area contributed by atoms with Gasteiger partial charge >= 0.3 is 0 Å². The zero-order chi connectivity index (χ0) is 14.4. The quantitative estimate of drug-likeness (QED) is 0.794. The first-order chi connectivity index (χ1) is 8.99. The van der Waals surface area contributed by atoms with Crippen LogP contribution in [0.2, 0.25) is 5.02 Å². The van der Waals surface area contributed by atoms with Gasteiger partial charge in [-0.15, -0.1) is 0 Å². The lowest BCUT2D eigenvalue weighted by Crippen LogP contribution is -2.37. The van der Waals surface area contributed by atoms with Crippen LogP contribution in [0.5, 0.6) is 0 Å². The van der Waals surface area contributed by atoms with E-state index in [1.807, 2.05) is 6.26 Å². The highest BCUT2D eigenvalue weighted by Crippen LogP contribution is 2.20. The molecule has 0 spiro atoms. The first-order valence-corrected chi connectivity index (χ1v) is 7.32. The normalized spacial score (nSPS) is 12.3. The highest BCUT2D eigenvalue weighted by molar-refractivity contribution is 7.98. The summed E-state index contributed by atoms with van der Waals surface area (Å²) in [6.45, 7) is -0.0724. The number of hydrogen-bond donors (Lipinski definition) is 2. The van der Waals surface area contributed by atoms with Gasteiger partial charge in [0.15, 0.2) is 11.6 Å². The van der Waals surface area contributed by atoms with E-state index in [2.05, 4.69) is 5.32 Å². The van der Waals surface area contributed by atoms with E-state index in [0.717, 1.165) is 12.1 Å². The number of rotatable bonds is 6. The SMILES string of the molecule is CSCC(CCO)NC(=O)c1cc(F)c(F)cc1Cl. The van der Waals surface area contributed by atoms with Gasteiger partial charge in [-0.2, -0.15) is 11.8 Å². The maximum atomic E-state index is 13.1. The van der Waals surface area contributed by atoms with E-state index in [1.165, 1.54) is 11.8 Å². The van der Waals surface area contributed by atoms with Gasteiger partial charge in [0.1, 0.15) is 0 Å². The molecule has 0 radical (unpaired) electrons. The summed E-state index contributed by atoms with van der Waals surface area (Å²) in [5, 5.41) is 11.4. The van der Waals surface area contributed by atoms with Crippen LogP contribution >= 0.6 is 23.4 Å². The third-order valence-corrected chi connectivity index (χ3v) is 3.48. The lowest BCUT2D eigenvalue weighted by atomic mass is 10.1. The fourth-order valence-corrected chi connectivity index (χ4v) is 2.40. The molecule has 1 aromatic carbocycles. The number of amides is 1. The molecule has 0 heterocycles. The molecule has 1 atom stereocenters. The van der Waals surface area contributed by atoms with Crippen LogP contribution in [0.1, 0.15) is 16.8 Å². The second-order valence-corrected chi connectivity index (χ2v) is 5.20. The smallest absolute Gasteiger partial charge is 0.253 e. The average Bonchev–Trinajstić information content (AvgIpc) is 2.34. The van der Waals surface area contributed by atoms with Crippen LogP contribution in [0, 0.1) is 11.6 Å². The molecule has 0 fully saturated rings. The van der Waals surface area contributed by atoms with Crippen LogP contribution in [-0.4, -0.2) is 35.7 Å². The summed E-state index contributed by atoms with van der Waals surface area (Å²) in [6.07, 6.45) is 2.24. The lowest BCUT2D eigenvalue weighted by molar-refractivity contribution is 0.0935. The third-order valence-electron chi connectivity index (χ3n) is 2.44. The minimum Gasteiger partial charge on any atom is -0.396 e. The molecule has 1 aromatic rings. The lowest BCUT2D eigenvalue weighted by Gasteiger charge is -2.17. The number of nitrogens with one attached hydrogen (secondary N) is 1. The van der Waals surface area contributed by atoms with Crippen LogP contribution in [0.25, 0.3) is 0 Å². The summed E-state index contributed by atoms with van der Waals surface area (Å²) in [5.41, 5.74) is -0.121. The van der Waals surface area contributed by atoms with E-state index in [1.54, 1.807) is 0 Å². The van der Waals surface area contributed by atoms with Gasteiger partial charge in [-0.25, -0.2) is 8.78 Å². The molecular formula is C12H14ClF2NO2S.